The minimum Gasteiger partial charge on any atom is -0.351 e. The molecule has 1 aliphatic heterocycles. The van der Waals surface area contributed by atoms with Crippen LogP contribution in [0.15, 0.2) is 24.3 Å². The highest BCUT2D eigenvalue weighted by atomic mass is 19.1. The fraction of sp³-hybridized carbons (Fsp3) is 0.462. The topological polar surface area (TPSA) is 58.4 Å². The number of hydrogen-bond acceptors (Lipinski definition) is 3. The summed E-state index contributed by atoms with van der Waals surface area (Å²) in [5, 5.41) is 2.82. The van der Waals surface area contributed by atoms with E-state index < -0.39 is 0 Å². The van der Waals surface area contributed by atoms with Crippen LogP contribution in [0.5, 0.6) is 0 Å². The number of halogens is 1. The van der Waals surface area contributed by atoms with Crippen LogP contribution in [-0.4, -0.2) is 36.5 Å². The number of carbonyl (C=O) groups excluding carboxylic acids is 1. The van der Waals surface area contributed by atoms with E-state index in [4.69, 9.17) is 5.73 Å². The fourth-order valence-electron chi connectivity index (χ4n) is 2.07. The van der Waals surface area contributed by atoms with Crippen molar-refractivity contribution in [1.82, 2.24) is 10.2 Å². The third kappa shape index (κ3) is 3.78. The second kappa shape index (κ2) is 5.93. The molecule has 1 aromatic rings. The first-order valence-corrected chi connectivity index (χ1v) is 6.12. The lowest BCUT2D eigenvalue weighted by Gasteiger charge is -2.14. The van der Waals surface area contributed by atoms with E-state index in [0.29, 0.717) is 13.1 Å². The van der Waals surface area contributed by atoms with Crippen molar-refractivity contribution in [2.45, 2.75) is 19.0 Å². The van der Waals surface area contributed by atoms with Crippen LogP contribution in [-0.2, 0) is 11.3 Å². The first kappa shape index (κ1) is 13.0. The zero-order valence-corrected chi connectivity index (χ0v) is 10.2. The SMILES string of the molecule is N[C@H]1CCN(CC(=O)NCc2ccc(F)cc2)C1. The standard InChI is InChI=1S/C13H18FN3O/c14-11-3-1-10(2-4-11)7-16-13(18)9-17-6-5-12(15)8-17/h1-4,12H,5-9,15H2,(H,16,18)/t12-/m0/s1. The van der Waals surface area contributed by atoms with Crippen LogP contribution in [0, 0.1) is 5.82 Å². The highest BCUT2D eigenvalue weighted by molar-refractivity contribution is 5.78. The van der Waals surface area contributed by atoms with Crippen LogP contribution in [0.25, 0.3) is 0 Å². The number of hydrogen-bond donors (Lipinski definition) is 2. The van der Waals surface area contributed by atoms with Gasteiger partial charge in [0.05, 0.1) is 6.54 Å². The molecule has 4 nitrogen and oxygen atoms in total. The van der Waals surface area contributed by atoms with Gasteiger partial charge in [-0.2, -0.15) is 0 Å². The van der Waals surface area contributed by atoms with Crippen LogP contribution >= 0.6 is 0 Å². The molecule has 0 aliphatic carbocycles. The van der Waals surface area contributed by atoms with Gasteiger partial charge in [0.1, 0.15) is 5.82 Å². The van der Waals surface area contributed by atoms with E-state index >= 15 is 0 Å². The fourth-order valence-corrected chi connectivity index (χ4v) is 2.07. The molecule has 98 valence electrons. The maximum Gasteiger partial charge on any atom is 0.234 e. The molecule has 1 aromatic carbocycles. The van der Waals surface area contributed by atoms with E-state index in [1.54, 1.807) is 12.1 Å². The second-order valence-electron chi connectivity index (χ2n) is 4.69. The Balaban J connectivity index is 1.73. The van der Waals surface area contributed by atoms with E-state index in [2.05, 4.69) is 5.32 Å². The summed E-state index contributed by atoms with van der Waals surface area (Å²) in [6, 6.07) is 6.31. The van der Waals surface area contributed by atoms with Gasteiger partial charge >= 0.3 is 0 Å². The van der Waals surface area contributed by atoms with Crippen molar-refractivity contribution in [2.24, 2.45) is 5.73 Å². The zero-order valence-electron chi connectivity index (χ0n) is 10.2. The van der Waals surface area contributed by atoms with Crippen LogP contribution in [0.2, 0.25) is 0 Å². The monoisotopic (exact) mass is 251 g/mol. The number of amides is 1. The molecule has 2 rings (SSSR count). The molecule has 3 N–H and O–H groups in total. The first-order chi connectivity index (χ1) is 8.63. The molecule has 1 fully saturated rings. The summed E-state index contributed by atoms with van der Waals surface area (Å²) in [4.78, 5) is 13.7. The van der Waals surface area contributed by atoms with Gasteiger partial charge in [-0.1, -0.05) is 12.1 Å². The molecule has 1 amide bonds. The van der Waals surface area contributed by atoms with Crippen LogP contribution < -0.4 is 11.1 Å². The Bertz CT molecular complexity index is 407. The van der Waals surface area contributed by atoms with Gasteiger partial charge in [0.15, 0.2) is 0 Å². The van der Waals surface area contributed by atoms with Gasteiger partial charge < -0.3 is 11.1 Å². The second-order valence-corrected chi connectivity index (χ2v) is 4.69. The molecule has 0 saturated carbocycles. The Morgan fingerprint density at radius 1 is 1.44 bits per heavy atom. The number of nitrogens with one attached hydrogen (secondary N) is 1. The molecule has 0 unspecified atom stereocenters. The Labute approximate surface area is 106 Å². The van der Waals surface area contributed by atoms with Crippen LogP contribution in [0.3, 0.4) is 0 Å². The van der Waals surface area contributed by atoms with E-state index in [1.165, 1.54) is 12.1 Å². The first-order valence-electron chi connectivity index (χ1n) is 6.12. The lowest BCUT2D eigenvalue weighted by Crippen LogP contribution is -2.37. The van der Waals surface area contributed by atoms with Crippen molar-refractivity contribution >= 4 is 5.91 Å². The van der Waals surface area contributed by atoms with Crippen molar-refractivity contribution in [3.8, 4) is 0 Å². The van der Waals surface area contributed by atoms with E-state index in [-0.39, 0.29) is 17.8 Å². The predicted molar refractivity (Wildman–Crippen MR) is 67.3 cm³/mol. The quantitative estimate of drug-likeness (QED) is 0.818. The van der Waals surface area contributed by atoms with Gasteiger partial charge in [0, 0.05) is 25.7 Å². The van der Waals surface area contributed by atoms with E-state index in [9.17, 15) is 9.18 Å². The summed E-state index contributed by atoms with van der Waals surface area (Å²) in [6.45, 7) is 2.48. The van der Waals surface area contributed by atoms with Gasteiger partial charge in [-0.15, -0.1) is 0 Å². The maximum atomic E-state index is 12.7. The predicted octanol–water partition coefficient (Wildman–Crippen LogP) is 0.475. The lowest BCUT2D eigenvalue weighted by atomic mass is 10.2. The number of carbonyl (C=O) groups is 1. The van der Waals surface area contributed by atoms with E-state index in [1.807, 2.05) is 4.90 Å². The summed E-state index contributed by atoms with van der Waals surface area (Å²) in [7, 11) is 0. The minimum atomic E-state index is -0.267. The third-order valence-electron chi connectivity index (χ3n) is 3.08. The summed E-state index contributed by atoms with van der Waals surface area (Å²) in [5.74, 6) is -0.287. The molecule has 1 aliphatic rings. The summed E-state index contributed by atoms with van der Waals surface area (Å²) in [6.07, 6.45) is 0.950. The Morgan fingerprint density at radius 3 is 2.78 bits per heavy atom. The molecule has 18 heavy (non-hydrogen) atoms. The van der Waals surface area contributed by atoms with Crippen molar-refractivity contribution in [3.63, 3.8) is 0 Å². The highest BCUT2D eigenvalue weighted by Crippen LogP contribution is 2.06. The molecule has 5 heteroatoms. The molecule has 0 bridgehead atoms. The normalized spacial score (nSPS) is 20.0. The van der Waals surface area contributed by atoms with Gasteiger partial charge in [-0.05, 0) is 24.1 Å². The Hall–Kier alpha value is -1.46. The molecule has 1 atom stereocenters. The largest absolute Gasteiger partial charge is 0.351 e. The van der Waals surface area contributed by atoms with Gasteiger partial charge in [-0.3, -0.25) is 9.69 Å². The number of likely N-dealkylation sites (tertiary alicyclic amines) is 1. The molecule has 1 saturated heterocycles. The van der Waals surface area contributed by atoms with Crippen LogP contribution in [0.1, 0.15) is 12.0 Å². The summed E-state index contributed by atoms with van der Waals surface area (Å²) < 4.78 is 12.7. The average Bonchev–Trinajstić information content (AvgIpc) is 2.74. The smallest absolute Gasteiger partial charge is 0.234 e. The number of rotatable bonds is 4. The van der Waals surface area contributed by atoms with Crippen molar-refractivity contribution in [1.29, 1.82) is 0 Å². The van der Waals surface area contributed by atoms with E-state index in [0.717, 1.165) is 25.1 Å². The number of benzene rings is 1. The van der Waals surface area contributed by atoms with Gasteiger partial charge in [0.25, 0.3) is 0 Å². The molecular weight excluding hydrogens is 233 g/mol. The van der Waals surface area contributed by atoms with Crippen molar-refractivity contribution < 1.29 is 9.18 Å². The van der Waals surface area contributed by atoms with Crippen molar-refractivity contribution in [2.75, 3.05) is 19.6 Å². The molecule has 0 aromatic heterocycles. The zero-order chi connectivity index (χ0) is 13.0. The minimum absolute atomic E-state index is 0.0200. The van der Waals surface area contributed by atoms with Crippen molar-refractivity contribution in [3.05, 3.63) is 35.6 Å². The molecule has 0 spiro atoms. The Kier molecular flexibility index (Phi) is 4.28. The lowest BCUT2D eigenvalue weighted by molar-refractivity contribution is -0.122. The molecular formula is C13H18FN3O. The summed E-state index contributed by atoms with van der Waals surface area (Å²) in [5.41, 5.74) is 6.66. The Morgan fingerprint density at radius 2 is 2.17 bits per heavy atom. The molecule has 1 heterocycles. The number of nitrogens with two attached hydrogens (primary N) is 1. The summed E-state index contributed by atoms with van der Waals surface area (Å²) >= 11 is 0. The highest BCUT2D eigenvalue weighted by Gasteiger charge is 2.20. The van der Waals surface area contributed by atoms with Gasteiger partial charge in [0.2, 0.25) is 5.91 Å². The van der Waals surface area contributed by atoms with Gasteiger partial charge in [-0.25, -0.2) is 4.39 Å². The molecule has 0 radical (unpaired) electrons. The number of nitrogens with zero attached hydrogens (tertiary/aromatic N) is 1. The average molecular weight is 251 g/mol. The maximum absolute atomic E-state index is 12.7. The van der Waals surface area contributed by atoms with Crippen LogP contribution in [0.4, 0.5) is 4.39 Å². The third-order valence-corrected chi connectivity index (χ3v) is 3.08.